The number of carbonyl (C=O) groups excluding carboxylic acids is 1. The maximum absolute atomic E-state index is 12.0. The van der Waals surface area contributed by atoms with Crippen LogP contribution in [-0.2, 0) is 0 Å². The second-order valence-electron chi connectivity index (χ2n) is 4.32. The monoisotopic (exact) mass is 358 g/mol. The van der Waals surface area contributed by atoms with Crippen LogP contribution in [0, 0.1) is 0 Å². The Balaban J connectivity index is 2.05. The number of rotatable bonds is 6. The smallest absolute Gasteiger partial charge is 0.272 e. The van der Waals surface area contributed by atoms with E-state index >= 15 is 0 Å². The number of hydrogen-bond donors (Lipinski definition) is 1. The first-order valence-electron chi connectivity index (χ1n) is 6.63. The number of nitrogens with zero attached hydrogens (tertiary/aromatic N) is 1. The highest BCUT2D eigenvalue weighted by Gasteiger charge is 2.07. The van der Waals surface area contributed by atoms with Crippen LogP contribution in [0.2, 0.25) is 0 Å². The fraction of sp³-hybridized carbons (Fsp3) is 0.0588. The minimum absolute atomic E-state index is 0.284. The van der Waals surface area contributed by atoms with Crippen LogP contribution in [0.4, 0.5) is 0 Å². The van der Waals surface area contributed by atoms with Crippen molar-refractivity contribution in [1.29, 1.82) is 0 Å². The molecule has 112 valence electrons. The number of hydrogen-bond acceptors (Lipinski definition) is 3. The van der Waals surface area contributed by atoms with Crippen LogP contribution in [-0.4, -0.2) is 18.7 Å². The number of hydrazone groups is 1. The first-order chi connectivity index (χ1) is 10.7. The zero-order valence-corrected chi connectivity index (χ0v) is 13.4. The highest BCUT2D eigenvalue weighted by Crippen LogP contribution is 2.16. The number of ether oxygens (including phenoxy) is 1. The zero-order chi connectivity index (χ0) is 15.8. The molecule has 22 heavy (non-hydrogen) atoms. The number of halogens is 1. The second kappa shape index (κ2) is 8.14. The van der Waals surface area contributed by atoms with Crippen LogP contribution in [0.25, 0.3) is 0 Å². The van der Waals surface area contributed by atoms with Gasteiger partial charge in [-0.1, -0.05) is 36.9 Å². The molecule has 4 nitrogen and oxygen atoms in total. The van der Waals surface area contributed by atoms with Gasteiger partial charge in [-0.3, -0.25) is 4.79 Å². The minimum Gasteiger partial charge on any atom is -0.489 e. The molecule has 5 heteroatoms. The van der Waals surface area contributed by atoms with E-state index in [0.29, 0.717) is 17.9 Å². The van der Waals surface area contributed by atoms with Crippen LogP contribution >= 0.6 is 15.9 Å². The molecule has 0 aromatic heterocycles. The minimum atomic E-state index is -0.284. The normalized spacial score (nSPS) is 10.4. The van der Waals surface area contributed by atoms with Crippen molar-refractivity contribution in [3.05, 3.63) is 76.8 Å². The summed E-state index contributed by atoms with van der Waals surface area (Å²) in [6.45, 7) is 4.02. The van der Waals surface area contributed by atoms with Gasteiger partial charge in [-0.2, -0.15) is 5.10 Å². The lowest BCUT2D eigenvalue weighted by Gasteiger charge is -2.06. The van der Waals surface area contributed by atoms with Crippen molar-refractivity contribution in [2.24, 2.45) is 5.10 Å². The van der Waals surface area contributed by atoms with Crippen molar-refractivity contribution in [2.75, 3.05) is 6.61 Å². The van der Waals surface area contributed by atoms with E-state index < -0.39 is 0 Å². The summed E-state index contributed by atoms with van der Waals surface area (Å²) in [5, 5.41) is 3.98. The molecule has 0 saturated carbocycles. The van der Waals surface area contributed by atoms with Gasteiger partial charge in [-0.25, -0.2) is 5.43 Å². The van der Waals surface area contributed by atoms with Gasteiger partial charge in [0.05, 0.1) is 11.8 Å². The number of benzene rings is 2. The molecule has 1 amide bonds. The molecule has 0 spiro atoms. The molecule has 2 rings (SSSR count). The van der Waals surface area contributed by atoms with Crippen LogP contribution in [0.5, 0.6) is 5.75 Å². The van der Waals surface area contributed by atoms with Gasteiger partial charge in [-0.15, -0.1) is 0 Å². The topological polar surface area (TPSA) is 50.7 Å². The van der Waals surface area contributed by atoms with Gasteiger partial charge in [0.25, 0.3) is 5.91 Å². The molecular formula is C17H15BrN2O2. The van der Waals surface area contributed by atoms with Crippen molar-refractivity contribution in [1.82, 2.24) is 5.43 Å². The number of para-hydroxylation sites is 1. The molecule has 0 atom stereocenters. The number of amides is 1. The largest absolute Gasteiger partial charge is 0.489 e. The maximum Gasteiger partial charge on any atom is 0.272 e. The average molecular weight is 359 g/mol. The molecule has 0 aliphatic rings. The maximum atomic E-state index is 12.0. The molecule has 2 aromatic carbocycles. The van der Waals surface area contributed by atoms with Crippen molar-refractivity contribution in [3.8, 4) is 5.75 Å². The van der Waals surface area contributed by atoms with Crippen LogP contribution in [0.1, 0.15) is 15.9 Å². The van der Waals surface area contributed by atoms with Gasteiger partial charge in [0.2, 0.25) is 0 Å². The first kappa shape index (κ1) is 16.0. The molecular weight excluding hydrogens is 344 g/mol. The van der Waals surface area contributed by atoms with E-state index in [1.807, 2.05) is 30.3 Å². The Hall–Kier alpha value is -2.40. The van der Waals surface area contributed by atoms with Crippen LogP contribution in [0.15, 0.2) is 70.8 Å². The summed E-state index contributed by atoms with van der Waals surface area (Å²) in [5.41, 5.74) is 3.80. The Morgan fingerprint density at radius 1 is 1.23 bits per heavy atom. The Bertz CT molecular complexity index is 699. The van der Waals surface area contributed by atoms with Crippen molar-refractivity contribution in [2.45, 2.75) is 0 Å². The lowest BCUT2D eigenvalue weighted by Crippen LogP contribution is -2.18. The van der Waals surface area contributed by atoms with E-state index in [4.69, 9.17) is 4.74 Å². The fourth-order valence-corrected chi connectivity index (χ4v) is 2.20. The molecule has 1 N–H and O–H groups in total. The third kappa shape index (κ3) is 4.30. The summed E-state index contributed by atoms with van der Waals surface area (Å²) >= 11 is 3.33. The second-order valence-corrected chi connectivity index (χ2v) is 5.17. The molecule has 0 aliphatic heterocycles. The van der Waals surface area contributed by atoms with E-state index in [1.165, 1.54) is 0 Å². The molecule has 0 heterocycles. The summed E-state index contributed by atoms with van der Waals surface area (Å²) in [7, 11) is 0. The van der Waals surface area contributed by atoms with E-state index in [9.17, 15) is 4.79 Å². The standard InChI is InChI=1S/C17H15BrN2O2/c1-2-11-22-16-10-6-3-7-13(16)12-19-20-17(21)14-8-4-5-9-15(14)18/h2-10,12H,1,11H2,(H,20,21)/b19-12-. The van der Waals surface area contributed by atoms with Gasteiger partial charge in [0.1, 0.15) is 12.4 Å². The third-order valence-corrected chi connectivity index (χ3v) is 3.46. The quantitative estimate of drug-likeness (QED) is 0.485. The first-order valence-corrected chi connectivity index (χ1v) is 7.42. The zero-order valence-electron chi connectivity index (χ0n) is 11.8. The Kier molecular flexibility index (Phi) is 5.91. The molecule has 0 bridgehead atoms. The highest BCUT2D eigenvalue weighted by molar-refractivity contribution is 9.10. The Morgan fingerprint density at radius 2 is 1.95 bits per heavy atom. The molecule has 0 fully saturated rings. The molecule has 2 aromatic rings. The molecule has 0 unspecified atom stereocenters. The van der Waals surface area contributed by atoms with E-state index in [-0.39, 0.29) is 5.91 Å². The van der Waals surface area contributed by atoms with Crippen molar-refractivity contribution in [3.63, 3.8) is 0 Å². The van der Waals surface area contributed by atoms with E-state index in [1.54, 1.807) is 30.5 Å². The van der Waals surface area contributed by atoms with E-state index in [2.05, 4.69) is 33.0 Å². The third-order valence-electron chi connectivity index (χ3n) is 2.76. The summed E-state index contributed by atoms with van der Waals surface area (Å²) in [6, 6.07) is 14.6. The molecule has 0 saturated heterocycles. The van der Waals surface area contributed by atoms with Crippen LogP contribution in [0.3, 0.4) is 0 Å². The van der Waals surface area contributed by atoms with Gasteiger partial charge in [-0.05, 0) is 40.2 Å². The van der Waals surface area contributed by atoms with Crippen molar-refractivity contribution >= 4 is 28.1 Å². The predicted octanol–water partition coefficient (Wildman–Crippen LogP) is 3.78. The van der Waals surface area contributed by atoms with Gasteiger partial charge in [0.15, 0.2) is 0 Å². The van der Waals surface area contributed by atoms with Gasteiger partial charge >= 0.3 is 0 Å². The molecule has 0 radical (unpaired) electrons. The SMILES string of the molecule is C=CCOc1ccccc1/C=N\NC(=O)c1ccccc1Br. The Labute approximate surface area is 137 Å². The van der Waals surface area contributed by atoms with Crippen LogP contribution < -0.4 is 10.2 Å². The number of carbonyl (C=O) groups is 1. The highest BCUT2D eigenvalue weighted by atomic mass is 79.9. The summed E-state index contributed by atoms with van der Waals surface area (Å²) in [4.78, 5) is 12.0. The average Bonchev–Trinajstić information content (AvgIpc) is 2.54. The summed E-state index contributed by atoms with van der Waals surface area (Å²) in [5.74, 6) is 0.398. The predicted molar refractivity (Wildman–Crippen MR) is 91.3 cm³/mol. The Morgan fingerprint density at radius 3 is 2.73 bits per heavy atom. The summed E-state index contributed by atoms with van der Waals surface area (Å²) < 4.78 is 6.24. The fourth-order valence-electron chi connectivity index (χ4n) is 1.73. The van der Waals surface area contributed by atoms with Gasteiger partial charge in [0, 0.05) is 10.0 Å². The van der Waals surface area contributed by atoms with Crippen molar-refractivity contribution < 1.29 is 9.53 Å². The molecule has 0 aliphatic carbocycles. The number of nitrogens with one attached hydrogen (secondary N) is 1. The lowest BCUT2D eigenvalue weighted by molar-refractivity contribution is 0.0954. The van der Waals surface area contributed by atoms with E-state index in [0.717, 1.165) is 10.0 Å². The summed E-state index contributed by atoms with van der Waals surface area (Å²) in [6.07, 6.45) is 3.22. The van der Waals surface area contributed by atoms with Gasteiger partial charge < -0.3 is 4.74 Å². The lowest BCUT2D eigenvalue weighted by atomic mass is 10.2.